The van der Waals surface area contributed by atoms with Crippen molar-refractivity contribution in [2.24, 2.45) is 4.99 Å². The third kappa shape index (κ3) is 7.11. The summed E-state index contributed by atoms with van der Waals surface area (Å²) in [6.45, 7) is 5.97. The summed E-state index contributed by atoms with van der Waals surface area (Å²) in [7, 11) is 3.53. The molecule has 0 radical (unpaired) electrons. The van der Waals surface area contributed by atoms with Gasteiger partial charge in [0.25, 0.3) is 0 Å². The number of nitrogens with zero attached hydrogens (tertiary/aromatic N) is 3. The SMILES string of the molecule is CN=C(NCCc1csc(C)n1)NCC(c1ccc(OC)cc1)N1CCCC1.I. The maximum atomic E-state index is 5.31. The van der Waals surface area contributed by atoms with Gasteiger partial charge in [-0.25, -0.2) is 4.98 Å². The first-order valence-electron chi connectivity index (χ1n) is 9.93. The maximum absolute atomic E-state index is 5.31. The van der Waals surface area contributed by atoms with Gasteiger partial charge in [-0.15, -0.1) is 35.3 Å². The van der Waals surface area contributed by atoms with E-state index in [0.29, 0.717) is 6.04 Å². The molecule has 1 saturated heterocycles. The molecular weight excluding hydrogens is 497 g/mol. The number of guanidine groups is 1. The number of halogens is 1. The predicted octanol–water partition coefficient (Wildman–Crippen LogP) is 3.62. The lowest BCUT2D eigenvalue weighted by Gasteiger charge is -2.29. The van der Waals surface area contributed by atoms with Crippen LogP contribution in [0.5, 0.6) is 5.75 Å². The highest BCUT2D eigenvalue weighted by Crippen LogP contribution is 2.26. The number of likely N-dealkylation sites (tertiary alicyclic amines) is 1. The first-order valence-corrected chi connectivity index (χ1v) is 10.8. The molecule has 29 heavy (non-hydrogen) atoms. The van der Waals surface area contributed by atoms with Crippen LogP contribution in [0.1, 0.15) is 35.1 Å². The Balaban J connectivity index is 0.00000300. The van der Waals surface area contributed by atoms with Crippen molar-refractivity contribution < 1.29 is 4.74 Å². The normalized spacial score (nSPS) is 15.6. The van der Waals surface area contributed by atoms with Gasteiger partial charge in [0.15, 0.2) is 5.96 Å². The Hall–Kier alpha value is -1.39. The van der Waals surface area contributed by atoms with E-state index in [1.807, 2.05) is 26.1 Å². The number of rotatable bonds is 8. The van der Waals surface area contributed by atoms with Crippen molar-refractivity contribution in [1.29, 1.82) is 0 Å². The molecule has 3 rings (SSSR count). The lowest BCUT2D eigenvalue weighted by atomic mass is 10.1. The molecule has 1 atom stereocenters. The third-order valence-corrected chi connectivity index (χ3v) is 5.93. The molecule has 1 aliphatic rings. The molecule has 1 aromatic carbocycles. The zero-order valence-corrected chi connectivity index (χ0v) is 20.6. The highest BCUT2D eigenvalue weighted by molar-refractivity contribution is 14.0. The van der Waals surface area contributed by atoms with Gasteiger partial charge < -0.3 is 15.4 Å². The minimum absolute atomic E-state index is 0. The predicted molar refractivity (Wildman–Crippen MR) is 132 cm³/mol. The van der Waals surface area contributed by atoms with Gasteiger partial charge in [0.05, 0.1) is 23.9 Å². The first kappa shape index (κ1) is 23.9. The second-order valence-corrected chi connectivity index (χ2v) is 8.08. The van der Waals surface area contributed by atoms with Crippen molar-refractivity contribution in [3.8, 4) is 5.75 Å². The molecule has 1 unspecified atom stereocenters. The fourth-order valence-electron chi connectivity index (χ4n) is 3.58. The highest BCUT2D eigenvalue weighted by atomic mass is 127. The van der Waals surface area contributed by atoms with Crippen LogP contribution >= 0.6 is 35.3 Å². The van der Waals surface area contributed by atoms with Gasteiger partial charge in [-0.3, -0.25) is 9.89 Å². The summed E-state index contributed by atoms with van der Waals surface area (Å²) in [6, 6.07) is 8.75. The molecule has 2 heterocycles. The number of aryl methyl sites for hydroxylation is 1. The van der Waals surface area contributed by atoms with Crippen LogP contribution in [0.2, 0.25) is 0 Å². The van der Waals surface area contributed by atoms with Gasteiger partial charge in [0.2, 0.25) is 0 Å². The number of thiazole rings is 1. The van der Waals surface area contributed by atoms with Crippen molar-refractivity contribution in [1.82, 2.24) is 20.5 Å². The van der Waals surface area contributed by atoms with E-state index >= 15 is 0 Å². The Bertz CT molecular complexity index is 759. The molecule has 1 aromatic heterocycles. The van der Waals surface area contributed by atoms with Crippen molar-refractivity contribution >= 4 is 41.3 Å². The van der Waals surface area contributed by atoms with Crippen molar-refractivity contribution in [2.45, 2.75) is 32.2 Å². The van der Waals surface area contributed by atoms with Gasteiger partial charge in [-0.2, -0.15) is 0 Å². The molecule has 1 fully saturated rings. The Labute approximate surface area is 195 Å². The first-order chi connectivity index (χ1) is 13.7. The summed E-state index contributed by atoms with van der Waals surface area (Å²) >= 11 is 1.70. The second kappa shape index (κ2) is 12.3. The van der Waals surface area contributed by atoms with E-state index in [0.717, 1.165) is 55.0 Å². The van der Waals surface area contributed by atoms with E-state index in [9.17, 15) is 0 Å². The molecule has 0 aliphatic carbocycles. The van der Waals surface area contributed by atoms with Crippen LogP contribution in [-0.2, 0) is 6.42 Å². The number of aromatic nitrogens is 1. The fraction of sp³-hybridized carbons (Fsp3) is 0.524. The Kier molecular flexibility index (Phi) is 10.2. The van der Waals surface area contributed by atoms with Crippen LogP contribution in [0.15, 0.2) is 34.6 Å². The third-order valence-electron chi connectivity index (χ3n) is 5.11. The summed E-state index contributed by atoms with van der Waals surface area (Å²) in [5.74, 6) is 1.73. The van der Waals surface area contributed by atoms with E-state index < -0.39 is 0 Å². The van der Waals surface area contributed by atoms with Crippen LogP contribution in [0, 0.1) is 6.92 Å². The zero-order valence-electron chi connectivity index (χ0n) is 17.5. The summed E-state index contributed by atoms with van der Waals surface area (Å²) < 4.78 is 5.31. The summed E-state index contributed by atoms with van der Waals surface area (Å²) in [6.07, 6.45) is 3.44. The summed E-state index contributed by atoms with van der Waals surface area (Å²) in [5, 5.41) is 10.2. The smallest absolute Gasteiger partial charge is 0.191 e. The standard InChI is InChI=1S/C21H31N5OS.HI/c1-16-25-18(15-28-16)10-11-23-21(22-2)24-14-20(26-12-4-5-13-26)17-6-8-19(27-3)9-7-17;/h6-9,15,20H,4-5,10-14H2,1-3H3,(H2,22,23,24);1H. The highest BCUT2D eigenvalue weighted by Gasteiger charge is 2.23. The largest absolute Gasteiger partial charge is 0.497 e. The van der Waals surface area contributed by atoms with E-state index in [1.165, 1.54) is 18.4 Å². The van der Waals surface area contributed by atoms with Crippen molar-refractivity contribution in [2.75, 3.05) is 40.3 Å². The molecule has 160 valence electrons. The quantitative estimate of drug-likeness (QED) is 0.311. The molecule has 2 aromatic rings. The number of aliphatic imine (C=N–C) groups is 1. The van der Waals surface area contributed by atoms with Gasteiger partial charge in [0.1, 0.15) is 5.75 Å². The number of hydrogen-bond donors (Lipinski definition) is 2. The Morgan fingerprint density at radius 3 is 2.55 bits per heavy atom. The lowest BCUT2D eigenvalue weighted by molar-refractivity contribution is 0.245. The van der Waals surface area contributed by atoms with Crippen LogP contribution in [0.4, 0.5) is 0 Å². The van der Waals surface area contributed by atoms with Gasteiger partial charge in [-0.1, -0.05) is 12.1 Å². The van der Waals surface area contributed by atoms with Crippen LogP contribution < -0.4 is 15.4 Å². The monoisotopic (exact) mass is 529 g/mol. The van der Waals surface area contributed by atoms with Gasteiger partial charge in [0, 0.05) is 31.9 Å². The summed E-state index contributed by atoms with van der Waals surface area (Å²) in [4.78, 5) is 11.5. The van der Waals surface area contributed by atoms with E-state index in [2.05, 4.69) is 43.0 Å². The molecule has 0 saturated carbocycles. The Morgan fingerprint density at radius 1 is 1.24 bits per heavy atom. The number of ether oxygens (including phenoxy) is 1. The molecule has 0 spiro atoms. The molecule has 0 bridgehead atoms. The average molecular weight is 529 g/mol. The fourth-order valence-corrected chi connectivity index (χ4v) is 4.23. The number of nitrogens with one attached hydrogen (secondary N) is 2. The topological polar surface area (TPSA) is 61.8 Å². The van der Waals surface area contributed by atoms with E-state index in [4.69, 9.17) is 4.74 Å². The number of benzene rings is 1. The molecule has 6 nitrogen and oxygen atoms in total. The van der Waals surface area contributed by atoms with Crippen LogP contribution in [0.25, 0.3) is 0 Å². The lowest BCUT2D eigenvalue weighted by Crippen LogP contribution is -2.43. The number of hydrogen-bond acceptors (Lipinski definition) is 5. The molecule has 2 N–H and O–H groups in total. The van der Waals surface area contributed by atoms with E-state index in [-0.39, 0.29) is 24.0 Å². The second-order valence-electron chi connectivity index (χ2n) is 7.02. The minimum Gasteiger partial charge on any atom is -0.497 e. The molecule has 1 aliphatic heterocycles. The van der Waals surface area contributed by atoms with Crippen LogP contribution in [0.3, 0.4) is 0 Å². The molecule has 8 heteroatoms. The maximum Gasteiger partial charge on any atom is 0.191 e. The van der Waals surface area contributed by atoms with Gasteiger partial charge in [-0.05, 0) is 50.6 Å². The molecular formula is C21H32IN5OS. The average Bonchev–Trinajstić information content (AvgIpc) is 3.39. The Morgan fingerprint density at radius 2 is 1.97 bits per heavy atom. The van der Waals surface area contributed by atoms with E-state index in [1.54, 1.807) is 18.4 Å². The zero-order chi connectivity index (χ0) is 19.8. The van der Waals surface area contributed by atoms with Crippen molar-refractivity contribution in [3.05, 3.63) is 45.9 Å². The minimum atomic E-state index is 0. The molecule has 0 amide bonds. The van der Waals surface area contributed by atoms with Crippen LogP contribution in [-0.4, -0.2) is 56.2 Å². The summed E-state index contributed by atoms with van der Waals surface area (Å²) in [5.41, 5.74) is 2.45. The van der Waals surface area contributed by atoms with Gasteiger partial charge >= 0.3 is 0 Å². The number of methoxy groups -OCH3 is 1. The van der Waals surface area contributed by atoms with Crippen molar-refractivity contribution in [3.63, 3.8) is 0 Å².